The van der Waals surface area contributed by atoms with Crippen LogP contribution in [0.5, 0.6) is 0 Å². The molecule has 1 aromatic heterocycles. The first-order chi connectivity index (χ1) is 14.5. The van der Waals surface area contributed by atoms with E-state index in [1.807, 2.05) is 60.7 Å². The number of benzene rings is 3. The molecule has 4 rings (SSSR count). The Morgan fingerprint density at radius 3 is 2.13 bits per heavy atom. The van der Waals surface area contributed by atoms with Crippen LogP contribution < -0.4 is 11.1 Å². The topological polar surface area (TPSA) is 85.1 Å². The quantitative estimate of drug-likeness (QED) is 0.437. The van der Waals surface area contributed by atoms with E-state index < -0.39 is 5.91 Å². The molecule has 0 saturated carbocycles. The summed E-state index contributed by atoms with van der Waals surface area (Å²) in [7, 11) is 0. The highest BCUT2D eigenvalue weighted by atomic mass is 35.5. The van der Waals surface area contributed by atoms with E-state index in [0.29, 0.717) is 16.3 Å². The fourth-order valence-corrected chi connectivity index (χ4v) is 4.21. The normalized spacial score (nSPS) is 10.6. The second-order valence-corrected chi connectivity index (χ2v) is 7.85. The molecule has 0 spiro atoms. The van der Waals surface area contributed by atoms with E-state index in [9.17, 15) is 9.59 Å². The number of nitrogens with zero attached hydrogens (tertiary/aromatic N) is 1. The minimum Gasteiger partial charge on any atom is -0.366 e. The fourth-order valence-electron chi connectivity index (χ4n) is 2.95. The molecule has 7 heteroatoms. The van der Waals surface area contributed by atoms with Gasteiger partial charge in [-0.2, -0.15) is 0 Å². The van der Waals surface area contributed by atoms with Gasteiger partial charge in [-0.15, -0.1) is 11.3 Å². The van der Waals surface area contributed by atoms with Crippen LogP contribution >= 0.6 is 22.9 Å². The van der Waals surface area contributed by atoms with Crippen molar-refractivity contribution >= 4 is 40.4 Å². The van der Waals surface area contributed by atoms with Crippen molar-refractivity contribution in [3.05, 3.63) is 94.3 Å². The van der Waals surface area contributed by atoms with E-state index >= 15 is 0 Å². The number of nitrogens with two attached hydrogens (primary N) is 1. The summed E-state index contributed by atoms with van der Waals surface area (Å²) in [5, 5.41) is 3.77. The maximum absolute atomic E-state index is 13.1. The molecule has 0 aliphatic heterocycles. The highest BCUT2D eigenvalue weighted by Crippen LogP contribution is 2.34. The van der Waals surface area contributed by atoms with Crippen molar-refractivity contribution in [1.82, 2.24) is 4.98 Å². The zero-order valence-electron chi connectivity index (χ0n) is 15.6. The van der Waals surface area contributed by atoms with E-state index in [4.69, 9.17) is 22.3 Å². The first kappa shape index (κ1) is 19.8. The largest absolute Gasteiger partial charge is 0.366 e. The maximum Gasteiger partial charge on any atom is 0.268 e. The molecule has 30 heavy (non-hydrogen) atoms. The van der Waals surface area contributed by atoms with Crippen LogP contribution in [0, 0.1) is 0 Å². The van der Waals surface area contributed by atoms with Crippen LogP contribution in [0.1, 0.15) is 20.0 Å². The molecule has 3 aromatic carbocycles. The third-order valence-electron chi connectivity index (χ3n) is 4.39. The number of rotatable bonds is 5. The minimum absolute atomic E-state index is 0.179. The molecule has 0 saturated heterocycles. The number of hydrogen-bond donors (Lipinski definition) is 2. The second kappa shape index (κ2) is 8.49. The summed E-state index contributed by atoms with van der Waals surface area (Å²) in [6.45, 7) is 0. The van der Waals surface area contributed by atoms with Crippen LogP contribution in [-0.2, 0) is 0 Å². The predicted octanol–water partition coefficient (Wildman–Crippen LogP) is 5.48. The molecule has 148 valence electrons. The molecule has 0 aliphatic carbocycles. The van der Waals surface area contributed by atoms with Crippen molar-refractivity contribution in [1.29, 1.82) is 0 Å². The highest BCUT2D eigenvalue weighted by Gasteiger charge is 2.21. The molecule has 2 amide bonds. The number of nitrogens with one attached hydrogen (secondary N) is 1. The van der Waals surface area contributed by atoms with Crippen LogP contribution in [0.4, 0.5) is 5.69 Å². The third kappa shape index (κ3) is 4.10. The summed E-state index contributed by atoms with van der Waals surface area (Å²) in [6.07, 6.45) is 0. The van der Waals surface area contributed by atoms with Gasteiger partial charge in [-0.1, -0.05) is 72.3 Å². The van der Waals surface area contributed by atoms with Gasteiger partial charge in [0, 0.05) is 16.8 Å². The first-order valence-electron chi connectivity index (χ1n) is 9.05. The van der Waals surface area contributed by atoms with Crippen molar-refractivity contribution in [3.63, 3.8) is 0 Å². The Hall–Kier alpha value is -3.48. The van der Waals surface area contributed by atoms with Gasteiger partial charge >= 0.3 is 0 Å². The Labute approximate surface area is 182 Å². The molecular weight excluding hydrogens is 418 g/mol. The number of carbonyl (C=O) groups is 2. The monoisotopic (exact) mass is 433 g/mol. The lowest BCUT2D eigenvalue weighted by atomic mass is 10.1. The molecule has 1 heterocycles. The molecule has 0 radical (unpaired) electrons. The van der Waals surface area contributed by atoms with Crippen LogP contribution in [0.3, 0.4) is 0 Å². The van der Waals surface area contributed by atoms with Gasteiger partial charge in [0.25, 0.3) is 5.91 Å². The number of thiazole rings is 1. The lowest BCUT2D eigenvalue weighted by Crippen LogP contribution is -2.14. The molecule has 3 N–H and O–H groups in total. The van der Waals surface area contributed by atoms with Crippen molar-refractivity contribution in [2.75, 3.05) is 5.32 Å². The predicted molar refractivity (Wildman–Crippen MR) is 121 cm³/mol. The Morgan fingerprint density at radius 1 is 0.900 bits per heavy atom. The smallest absolute Gasteiger partial charge is 0.268 e. The number of carbonyl (C=O) groups excluding carboxylic acids is 2. The van der Waals surface area contributed by atoms with E-state index in [1.165, 1.54) is 23.5 Å². The molecule has 0 fully saturated rings. The second-order valence-electron chi connectivity index (χ2n) is 6.44. The SMILES string of the molecule is NC(=O)c1ccc(NC(=O)c2sc(-c3ccccc3)nc2-c2ccccc2)cc1Cl. The van der Waals surface area contributed by atoms with E-state index in [1.54, 1.807) is 6.07 Å². The lowest BCUT2D eigenvalue weighted by molar-refractivity contribution is 0.0998. The van der Waals surface area contributed by atoms with E-state index in [-0.39, 0.29) is 16.5 Å². The lowest BCUT2D eigenvalue weighted by Gasteiger charge is -2.07. The van der Waals surface area contributed by atoms with E-state index in [2.05, 4.69) is 5.32 Å². The summed E-state index contributed by atoms with van der Waals surface area (Å²) < 4.78 is 0. The summed E-state index contributed by atoms with van der Waals surface area (Å²) in [4.78, 5) is 29.7. The number of aromatic nitrogens is 1. The molecule has 0 bridgehead atoms. The van der Waals surface area contributed by atoms with Gasteiger partial charge in [0.2, 0.25) is 5.91 Å². The molecular formula is C23H16ClN3O2S. The summed E-state index contributed by atoms with van der Waals surface area (Å²) in [6, 6.07) is 23.8. The molecule has 0 atom stereocenters. The number of amides is 2. The average Bonchev–Trinajstić information content (AvgIpc) is 3.20. The van der Waals surface area contributed by atoms with Crippen LogP contribution in [0.15, 0.2) is 78.9 Å². The van der Waals surface area contributed by atoms with Gasteiger partial charge in [0.1, 0.15) is 9.88 Å². The fraction of sp³-hybridized carbons (Fsp3) is 0. The summed E-state index contributed by atoms with van der Waals surface area (Å²) >= 11 is 7.42. The van der Waals surface area contributed by atoms with Gasteiger partial charge in [-0.25, -0.2) is 4.98 Å². The van der Waals surface area contributed by atoms with Gasteiger partial charge in [-0.05, 0) is 18.2 Å². The van der Waals surface area contributed by atoms with Crippen molar-refractivity contribution in [2.24, 2.45) is 5.73 Å². The summed E-state index contributed by atoms with van der Waals surface area (Å²) in [5.41, 5.74) is 8.34. The van der Waals surface area contributed by atoms with Crippen molar-refractivity contribution < 1.29 is 9.59 Å². The molecule has 0 aliphatic rings. The Kier molecular flexibility index (Phi) is 5.61. The Morgan fingerprint density at radius 2 is 1.53 bits per heavy atom. The third-order valence-corrected chi connectivity index (χ3v) is 5.81. The number of hydrogen-bond acceptors (Lipinski definition) is 4. The highest BCUT2D eigenvalue weighted by molar-refractivity contribution is 7.17. The number of primary amides is 1. The zero-order chi connectivity index (χ0) is 21.1. The molecule has 5 nitrogen and oxygen atoms in total. The van der Waals surface area contributed by atoms with Crippen LogP contribution in [0.2, 0.25) is 5.02 Å². The van der Waals surface area contributed by atoms with E-state index in [0.717, 1.165) is 16.1 Å². The zero-order valence-corrected chi connectivity index (χ0v) is 17.2. The number of halogens is 1. The summed E-state index contributed by atoms with van der Waals surface area (Å²) in [5.74, 6) is -0.935. The van der Waals surface area contributed by atoms with Crippen molar-refractivity contribution in [3.8, 4) is 21.8 Å². The van der Waals surface area contributed by atoms with Gasteiger partial charge in [0.05, 0.1) is 16.3 Å². The van der Waals surface area contributed by atoms with Crippen LogP contribution in [0.25, 0.3) is 21.8 Å². The Bertz CT molecular complexity index is 1220. The molecule has 4 aromatic rings. The standard InChI is InChI=1S/C23H16ClN3O2S/c24-18-13-16(11-12-17(18)21(25)28)26-22(29)20-19(14-7-3-1-4-8-14)27-23(30-20)15-9-5-2-6-10-15/h1-13H,(H2,25,28)(H,26,29). The van der Waals surface area contributed by atoms with Gasteiger partial charge in [0.15, 0.2) is 0 Å². The first-order valence-corrected chi connectivity index (χ1v) is 10.2. The van der Waals surface area contributed by atoms with Crippen LogP contribution in [-0.4, -0.2) is 16.8 Å². The van der Waals surface area contributed by atoms with Crippen molar-refractivity contribution in [2.45, 2.75) is 0 Å². The van der Waals surface area contributed by atoms with Gasteiger partial charge in [-0.3, -0.25) is 9.59 Å². The maximum atomic E-state index is 13.1. The van der Waals surface area contributed by atoms with Gasteiger partial charge < -0.3 is 11.1 Å². The average molecular weight is 434 g/mol. The molecule has 0 unspecified atom stereocenters. The minimum atomic E-state index is -0.626. The Balaban J connectivity index is 1.72. The number of anilines is 1.